The lowest BCUT2D eigenvalue weighted by molar-refractivity contribution is -0.384. The first kappa shape index (κ1) is 14.0. The van der Waals surface area contributed by atoms with Gasteiger partial charge in [0.2, 0.25) is 0 Å². The summed E-state index contributed by atoms with van der Waals surface area (Å²) in [4.78, 5) is 10.5. The Morgan fingerprint density at radius 1 is 1.30 bits per heavy atom. The molecule has 7 nitrogen and oxygen atoms in total. The molecule has 2 rings (SSSR count). The standard InChI is InChI=1S/C13H17N5O2/c1-2-3-4-7-14-12-6-5-11(18(19)20)8-13(12)17-9-15-16-10-17/h5-6,8-10,14H,2-4,7H2,1H3. The maximum atomic E-state index is 10.9. The number of non-ortho nitro benzene ring substituents is 1. The van der Waals surface area contributed by atoms with Crippen LogP contribution in [-0.2, 0) is 0 Å². The third-order valence-corrected chi connectivity index (χ3v) is 2.98. The van der Waals surface area contributed by atoms with Crippen LogP contribution in [0.15, 0.2) is 30.9 Å². The minimum Gasteiger partial charge on any atom is -0.383 e. The monoisotopic (exact) mass is 275 g/mol. The molecule has 0 bridgehead atoms. The number of rotatable bonds is 7. The number of nitro groups is 1. The molecule has 0 aliphatic rings. The Morgan fingerprint density at radius 2 is 2.05 bits per heavy atom. The number of benzene rings is 1. The van der Waals surface area contributed by atoms with Crippen molar-refractivity contribution in [2.45, 2.75) is 26.2 Å². The third kappa shape index (κ3) is 3.31. The second-order valence-corrected chi connectivity index (χ2v) is 4.46. The predicted molar refractivity (Wildman–Crippen MR) is 76.0 cm³/mol. The molecule has 0 saturated carbocycles. The van der Waals surface area contributed by atoms with E-state index in [1.807, 2.05) is 0 Å². The van der Waals surface area contributed by atoms with Crippen molar-refractivity contribution in [1.29, 1.82) is 0 Å². The zero-order chi connectivity index (χ0) is 14.4. The van der Waals surface area contributed by atoms with Gasteiger partial charge in [0.25, 0.3) is 5.69 Å². The summed E-state index contributed by atoms with van der Waals surface area (Å²) in [6, 6.07) is 4.74. The Hall–Kier alpha value is -2.44. The summed E-state index contributed by atoms with van der Waals surface area (Å²) in [7, 11) is 0. The Morgan fingerprint density at radius 3 is 2.70 bits per heavy atom. The fraction of sp³-hybridized carbons (Fsp3) is 0.385. The lowest BCUT2D eigenvalue weighted by Crippen LogP contribution is -2.06. The molecule has 2 aromatic rings. The van der Waals surface area contributed by atoms with E-state index in [4.69, 9.17) is 0 Å². The molecule has 0 atom stereocenters. The summed E-state index contributed by atoms with van der Waals surface area (Å²) in [5, 5.41) is 21.7. The molecule has 0 unspecified atom stereocenters. The lowest BCUT2D eigenvalue weighted by Gasteiger charge is -2.11. The van der Waals surface area contributed by atoms with Gasteiger partial charge in [0.05, 0.1) is 16.3 Å². The maximum absolute atomic E-state index is 10.9. The van der Waals surface area contributed by atoms with Crippen molar-refractivity contribution in [2.75, 3.05) is 11.9 Å². The Labute approximate surface area is 116 Å². The molecule has 0 spiro atoms. The predicted octanol–water partition coefficient (Wildman–Crippen LogP) is 2.78. The molecular formula is C13H17N5O2. The van der Waals surface area contributed by atoms with Crippen molar-refractivity contribution < 1.29 is 4.92 Å². The van der Waals surface area contributed by atoms with Gasteiger partial charge in [-0.3, -0.25) is 14.7 Å². The molecular weight excluding hydrogens is 258 g/mol. The van der Waals surface area contributed by atoms with Crippen molar-refractivity contribution in [3.63, 3.8) is 0 Å². The Kier molecular flexibility index (Phi) is 4.65. The van der Waals surface area contributed by atoms with E-state index >= 15 is 0 Å². The molecule has 1 aromatic heterocycles. The zero-order valence-electron chi connectivity index (χ0n) is 11.3. The molecule has 106 valence electrons. The summed E-state index contributed by atoms with van der Waals surface area (Å²) in [6.45, 7) is 2.98. The second-order valence-electron chi connectivity index (χ2n) is 4.46. The van der Waals surface area contributed by atoms with Crippen LogP contribution < -0.4 is 5.32 Å². The molecule has 20 heavy (non-hydrogen) atoms. The topological polar surface area (TPSA) is 85.9 Å². The van der Waals surface area contributed by atoms with E-state index in [0.29, 0.717) is 5.69 Å². The zero-order valence-corrected chi connectivity index (χ0v) is 11.3. The molecule has 1 N–H and O–H groups in total. The summed E-state index contributed by atoms with van der Waals surface area (Å²) in [5.41, 5.74) is 1.57. The van der Waals surface area contributed by atoms with Crippen LogP contribution in [-0.4, -0.2) is 26.2 Å². The van der Waals surface area contributed by atoms with Gasteiger partial charge in [0.15, 0.2) is 0 Å². The van der Waals surface area contributed by atoms with E-state index in [1.165, 1.54) is 24.8 Å². The van der Waals surface area contributed by atoms with Crippen molar-refractivity contribution in [1.82, 2.24) is 14.8 Å². The summed E-state index contributed by atoms with van der Waals surface area (Å²) in [5.74, 6) is 0. The van der Waals surface area contributed by atoms with Gasteiger partial charge in [-0.2, -0.15) is 0 Å². The first-order valence-electron chi connectivity index (χ1n) is 6.59. The average Bonchev–Trinajstić information content (AvgIpc) is 2.97. The van der Waals surface area contributed by atoms with Crippen LogP contribution in [0.25, 0.3) is 5.69 Å². The van der Waals surface area contributed by atoms with E-state index < -0.39 is 4.92 Å². The number of nitrogens with zero attached hydrogens (tertiary/aromatic N) is 4. The highest BCUT2D eigenvalue weighted by molar-refractivity contribution is 5.64. The third-order valence-electron chi connectivity index (χ3n) is 2.98. The minimum atomic E-state index is -0.408. The maximum Gasteiger partial charge on any atom is 0.271 e. The Balaban J connectivity index is 2.24. The molecule has 0 amide bonds. The van der Waals surface area contributed by atoms with Crippen molar-refractivity contribution >= 4 is 11.4 Å². The summed E-state index contributed by atoms with van der Waals surface area (Å²) >= 11 is 0. The van der Waals surface area contributed by atoms with Gasteiger partial charge < -0.3 is 5.32 Å². The van der Waals surface area contributed by atoms with Crippen LogP contribution >= 0.6 is 0 Å². The van der Waals surface area contributed by atoms with Crippen molar-refractivity contribution in [3.8, 4) is 5.69 Å². The Bertz CT molecular complexity index is 568. The fourth-order valence-corrected chi connectivity index (χ4v) is 1.92. The molecule has 0 saturated heterocycles. The largest absolute Gasteiger partial charge is 0.383 e. The molecule has 1 heterocycles. The number of hydrogen-bond donors (Lipinski definition) is 1. The van der Waals surface area contributed by atoms with Gasteiger partial charge in [-0.15, -0.1) is 10.2 Å². The van der Waals surface area contributed by atoms with Crippen LogP contribution in [0.4, 0.5) is 11.4 Å². The molecule has 0 aliphatic carbocycles. The van der Waals surface area contributed by atoms with Gasteiger partial charge >= 0.3 is 0 Å². The first-order valence-corrected chi connectivity index (χ1v) is 6.59. The van der Waals surface area contributed by atoms with E-state index in [1.54, 1.807) is 10.6 Å². The van der Waals surface area contributed by atoms with E-state index in [-0.39, 0.29) is 5.69 Å². The highest BCUT2D eigenvalue weighted by Crippen LogP contribution is 2.25. The normalized spacial score (nSPS) is 10.4. The molecule has 0 radical (unpaired) electrons. The molecule has 0 aliphatic heterocycles. The number of nitro benzene ring substituents is 1. The summed E-state index contributed by atoms with van der Waals surface area (Å²) in [6.07, 6.45) is 6.42. The van der Waals surface area contributed by atoms with Gasteiger partial charge in [-0.25, -0.2) is 0 Å². The lowest BCUT2D eigenvalue weighted by atomic mass is 10.2. The highest BCUT2D eigenvalue weighted by Gasteiger charge is 2.12. The van der Waals surface area contributed by atoms with Crippen LogP contribution in [0.5, 0.6) is 0 Å². The van der Waals surface area contributed by atoms with Crippen molar-refractivity contribution in [2.24, 2.45) is 0 Å². The average molecular weight is 275 g/mol. The van der Waals surface area contributed by atoms with Gasteiger partial charge in [0.1, 0.15) is 12.7 Å². The quantitative estimate of drug-likeness (QED) is 0.477. The molecule has 7 heteroatoms. The number of anilines is 1. The number of unbranched alkanes of at least 4 members (excludes halogenated alkanes) is 2. The van der Waals surface area contributed by atoms with E-state index in [0.717, 1.165) is 31.5 Å². The fourth-order valence-electron chi connectivity index (χ4n) is 1.92. The number of hydrogen-bond acceptors (Lipinski definition) is 5. The highest BCUT2D eigenvalue weighted by atomic mass is 16.6. The first-order chi connectivity index (χ1) is 9.72. The molecule has 1 aromatic carbocycles. The van der Waals surface area contributed by atoms with Gasteiger partial charge in [-0.1, -0.05) is 19.8 Å². The van der Waals surface area contributed by atoms with E-state index in [2.05, 4.69) is 22.4 Å². The number of aromatic nitrogens is 3. The summed E-state index contributed by atoms with van der Waals surface area (Å²) < 4.78 is 1.66. The van der Waals surface area contributed by atoms with Gasteiger partial charge in [0, 0.05) is 18.7 Å². The van der Waals surface area contributed by atoms with Crippen LogP contribution in [0, 0.1) is 10.1 Å². The van der Waals surface area contributed by atoms with Crippen LogP contribution in [0.2, 0.25) is 0 Å². The van der Waals surface area contributed by atoms with Crippen LogP contribution in [0.1, 0.15) is 26.2 Å². The minimum absolute atomic E-state index is 0.0489. The second kappa shape index (κ2) is 6.65. The van der Waals surface area contributed by atoms with Crippen LogP contribution in [0.3, 0.4) is 0 Å². The number of nitrogens with one attached hydrogen (secondary N) is 1. The smallest absolute Gasteiger partial charge is 0.271 e. The van der Waals surface area contributed by atoms with E-state index in [9.17, 15) is 10.1 Å². The van der Waals surface area contributed by atoms with Gasteiger partial charge in [-0.05, 0) is 12.5 Å². The van der Waals surface area contributed by atoms with Crippen molar-refractivity contribution in [3.05, 3.63) is 41.0 Å². The SMILES string of the molecule is CCCCCNc1ccc([N+](=O)[O-])cc1-n1cnnc1. The molecule has 0 fully saturated rings.